The normalized spacial score (nSPS) is 19.3. The molecule has 17 heavy (non-hydrogen) atoms. The monoisotopic (exact) mass is 234 g/mol. The van der Waals surface area contributed by atoms with Gasteiger partial charge in [0.1, 0.15) is 0 Å². The summed E-state index contributed by atoms with van der Waals surface area (Å²) in [4.78, 5) is 14.1. The number of fused-ring (bicyclic) bond motifs is 1. The van der Waals surface area contributed by atoms with Crippen LogP contribution in [-0.2, 0) is 4.74 Å². The van der Waals surface area contributed by atoms with Crippen LogP contribution in [0.5, 0.6) is 0 Å². The van der Waals surface area contributed by atoms with Crippen molar-refractivity contribution in [2.75, 3.05) is 32.5 Å². The molecule has 4 heteroatoms. The number of carbonyl (C=O) groups excluding carboxylic acids is 1. The number of benzene rings is 1. The lowest BCUT2D eigenvalue weighted by atomic mass is 9.89. The van der Waals surface area contributed by atoms with Gasteiger partial charge in [-0.1, -0.05) is 19.1 Å². The second kappa shape index (κ2) is 4.75. The van der Waals surface area contributed by atoms with Gasteiger partial charge in [0.05, 0.1) is 12.2 Å². The van der Waals surface area contributed by atoms with E-state index in [1.165, 1.54) is 0 Å². The van der Waals surface area contributed by atoms with Crippen LogP contribution in [0, 0.1) is 0 Å². The molecule has 0 aliphatic carbocycles. The standard InChI is InChI=1S/C13H18N2O2/c1-9-8-15(6-7-17-2)13(16)12-10(9)4-3-5-11(12)14/h3-5,9H,6-8,14H2,1-2H3. The van der Waals surface area contributed by atoms with Crippen molar-refractivity contribution in [3.8, 4) is 0 Å². The molecular formula is C13H18N2O2. The molecule has 0 aromatic heterocycles. The predicted molar refractivity (Wildman–Crippen MR) is 67.0 cm³/mol. The average Bonchev–Trinajstić information content (AvgIpc) is 2.32. The summed E-state index contributed by atoms with van der Waals surface area (Å²) in [7, 11) is 1.64. The third-order valence-electron chi connectivity index (χ3n) is 3.22. The van der Waals surface area contributed by atoms with Crippen LogP contribution in [0.15, 0.2) is 18.2 Å². The molecule has 0 saturated heterocycles. The van der Waals surface area contributed by atoms with Crippen LogP contribution in [0.3, 0.4) is 0 Å². The van der Waals surface area contributed by atoms with E-state index < -0.39 is 0 Å². The highest BCUT2D eigenvalue weighted by Crippen LogP contribution is 2.31. The first-order valence-corrected chi connectivity index (χ1v) is 5.81. The van der Waals surface area contributed by atoms with Crippen LogP contribution in [0.2, 0.25) is 0 Å². The summed E-state index contributed by atoms with van der Waals surface area (Å²) in [5.74, 6) is 0.344. The molecule has 1 unspecified atom stereocenters. The summed E-state index contributed by atoms with van der Waals surface area (Å²) >= 11 is 0. The second-order valence-electron chi connectivity index (χ2n) is 4.46. The van der Waals surface area contributed by atoms with E-state index >= 15 is 0 Å². The fraction of sp³-hybridized carbons (Fsp3) is 0.462. The minimum atomic E-state index is 0.0215. The van der Waals surface area contributed by atoms with Crippen LogP contribution in [0.1, 0.15) is 28.8 Å². The Morgan fingerprint density at radius 1 is 1.53 bits per heavy atom. The van der Waals surface area contributed by atoms with E-state index in [-0.39, 0.29) is 5.91 Å². The molecule has 4 nitrogen and oxygen atoms in total. The zero-order valence-electron chi connectivity index (χ0n) is 10.3. The molecule has 1 atom stereocenters. The molecule has 1 amide bonds. The van der Waals surface area contributed by atoms with Crippen LogP contribution in [0.4, 0.5) is 5.69 Å². The second-order valence-corrected chi connectivity index (χ2v) is 4.46. The molecule has 0 bridgehead atoms. The SMILES string of the molecule is COCCN1CC(C)c2cccc(N)c2C1=O. The largest absolute Gasteiger partial charge is 0.398 e. The lowest BCUT2D eigenvalue weighted by Gasteiger charge is -2.33. The Labute approximate surface area is 101 Å². The Morgan fingerprint density at radius 3 is 3.00 bits per heavy atom. The van der Waals surface area contributed by atoms with Crippen molar-refractivity contribution in [1.82, 2.24) is 4.90 Å². The lowest BCUT2D eigenvalue weighted by Crippen LogP contribution is -2.41. The van der Waals surface area contributed by atoms with Gasteiger partial charge in [0.15, 0.2) is 0 Å². The molecule has 0 saturated carbocycles. The molecule has 0 spiro atoms. The third kappa shape index (κ3) is 2.13. The summed E-state index contributed by atoms with van der Waals surface area (Å²) in [5.41, 5.74) is 8.20. The van der Waals surface area contributed by atoms with Crippen LogP contribution >= 0.6 is 0 Å². The van der Waals surface area contributed by atoms with E-state index in [0.717, 1.165) is 12.1 Å². The Balaban J connectivity index is 2.33. The van der Waals surface area contributed by atoms with Crippen molar-refractivity contribution in [2.24, 2.45) is 0 Å². The molecule has 1 aromatic rings. The Kier molecular flexibility index (Phi) is 3.33. The van der Waals surface area contributed by atoms with Gasteiger partial charge in [-0.2, -0.15) is 0 Å². The van der Waals surface area contributed by atoms with Gasteiger partial charge in [0.2, 0.25) is 0 Å². The van der Waals surface area contributed by atoms with E-state index in [4.69, 9.17) is 10.5 Å². The molecule has 1 aliphatic heterocycles. The van der Waals surface area contributed by atoms with E-state index in [1.807, 2.05) is 17.0 Å². The number of nitrogens with two attached hydrogens (primary N) is 1. The van der Waals surface area contributed by atoms with Gasteiger partial charge in [-0.05, 0) is 17.5 Å². The number of hydrogen-bond acceptors (Lipinski definition) is 3. The molecule has 0 radical (unpaired) electrons. The van der Waals surface area contributed by atoms with Gasteiger partial charge in [-0.25, -0.2) is 0 Å². The maximum atomic E-state index is 12.3. The van der Waals surface area contributed by atoms with Crippen LogP contribution in [-0.4, -0.2) is 37.6 Å². The van der Waals surface area contributed by atoms with Gasteiger partial charge in [-0.3, -0.25) is 4.79 Å². The summed E-state index contributed by atoms with van der Waals surface area (Å²) < 4.78 is 5.02. The van der Waals surface area contributed by atoms with Gasteiger partial charge in [0, 0.05) is 25.9 Å². The highest BCUT2D eigenvalue weighted by molar-refractivity contribution is 6.01. The lowest BCUT2D eigenvalue weighted by molar-refractivity contribution is 0.0663. The minimum absolute atomic E-state index is 0.0215. The fourth-order valence-corrected chi connectivity index (χ4v) is 2.31. The van der Waals surface area contributed by atoms with Crippen LogP contribution in [0.25, 0.3) is 0 Å². The maximum Gasteiger partial charge on any atom is 0.256 e. The number of rotatable bonds is 3. The van der Waals surface area contributed by atoms with Crippen molar-refractivity contribution in [3.63, 3.8) is 0 Å². The topological polar surface area (TPSA) is 55.6 Å². The zero-order chi connectivity index (χ0) is 12.4. The Hall–Kier alpha value is -1.55. The van der Waals surface area contributed by atoms with Crippen molar-refractivity contribution < 1.29 is 9.53 Å². The smallest absolute Gasteiger partial charge is 0.256 e. The first-order chi connectivity index (χ1) is 8.15. The first-order valence-electron chi connectivity index (χ1n) is 5.81. The highest BCUT2D eigenvalue weighted by Gasteiger charge is 2.29. The summed E-state index contributed by atoms with van der Waals surface area (Å²) in [5, 5.41) is 0. The van der Waals surface area contributed by atoms with E-state index in [1.54, 1.807) is 13.2 Å². The van der Waals surface area contributed by atoms with Gasteiger partial charge < -0.3 is 15.4 Å². The number of nitrogen functional groups attached to an aromatic ring is 1. The summed E-state index contributed by atoms with van der Waals surface area (Å²) in [6.07, 6.45) is 0. The van der Waals surface area contributed by atoms with Gasteiger partial charge in [0.25, 0.3) is 5.91 Å². The number of anilines is 1. The number of nitrogens with zero attached hydrogens (tertiary/aromatic N) is 1. The molecule has 2 N–H and O–H groups in total. The third-order valence-corrected chi connectivity index (χ3v) is 3.22. The fourth-order valence-electron chi connectivity index (χ4n) is 2.31. The van der Waals surface area contributed by atoms with E-state index in [2.05, 4.69) is 6.92 Å². The zero-order valence-corrected chi connectivity index (χ0v) is 10.3. The highest BCUT2D eigenvalue weighted by atomic mass is 16.5. The number of methoxy groups -OCH3 is 1. The molecule has 1 aliphatic rings. The Morgan fingerprint density at radius 2 is 2.29 bits per heavy atom. The average molecular weight is 234 g/mol. The molecule has 0 fully saturated rings. The maximum absolute atomic E-state index is 12.3. The van der Waals surface area contributed by atoms with Crippen molar-refractivity contribution in [3.05, 3.63) is 29.3 Å². The van der Waals surface area contributed by atoms with Crippen LogP contribution < -0.4 is 5.73 Å². The van der Waals surface area contributed by atoms with E-state index in [0.29, 0.717) is 30.3 Å². The van der Waals surface area contributed by atoms with Crippen molar-refractivity contribution >= 4 is 11.6 Å². The molecule has 92 valence electrons. The first kappa shape index (κ1) is 11.9. The predicted octanol–water partition coefficient (Wildman–Crippen LogP) is 1.47. The Bertz CT molecular complexity index is 431. The number of ether oxygens (including phenoxy) is 1. The quantitative estimate of drug-likeness (QED) is 0.806. The van der Waals surface area contributed by atoms with Crippen molar-refractivity contribution in [1.29, 1.82) is 0 Å². The number of hydrogen-bond donors (Lipinski definition) is 1. The molecular weight excluding hydrogens is 216 g/mol. The number of carbonyl (C=O) groups is 1. The van der Waals surface area contributed by atoms with Gasteiger partial charge >= 0.3 is 0 Å². The van der Waals surface area contributed by atoms with Crippen molar-refractivity contribution in [2.45, 2.75) is 12.8 Å². The van der Waals surface area contributed by atoms with Gasteiger partial charge in [-0.15, -0.1) is 0 Å². The molecule has 1 heterocycles. The minimum Gasteiger partial charge on any atom is -0.398 e. The molecule has 2 rings (SSSR count). The van der Waals surface area contributed by atoms with E-state index in [9.17, 15) is 4.79 Å². The number of amides is 1. The summed E-state index contributed by atoms with van der Waals surface area (Å²) in [6.45, 7) is 4.02. The molecule has 1 aromatic carbocycles. The summed E-state index contributed by atoms with van der Waals surface area (Å²) in [6, 6.07) is 5.67.